The zero-order valence-corrected chi connectivity index (χ0v) is 9.73. The highest BCUT2D eigenvalue weighted by molar-refractivity contribution is 6.04. The van der Waals surface area contributed by atoms with Gasteiger partial charge >= 0.3 is 0 Å². The van der Waals surface area contributed by atoms with E-state index in [1.165, 1.54) is 0 Å². The summed E-state index contributed by atoms with van der Waals surface area (Å²) in [6.07, 6.45) is 1.64. The first-order valence-corrected chi connectivity index (χ1v) is 5.36. The molecule has 0 saturated carbocycles. The van der Waals surface area contributed by atoms with Crippen LogP contribution in [-0.4, -0.2) is 36.4 Å². The fourth-order valence-electron chi connectivity index (χ4n) is 1.76. The number of rotatable bonds is 2. The number of hydrogen-bond donors (Lipinski definition) is 2. The van der Waals surface area contributed by atoms with Crippen LogP contribution in [0.15, 0.2) is 18.3 Å². The van der Waals surface area contributed by atoms with Crippen molar-refractivity contribution in [3.8, 4) is 0 Å². The third-order valence-electron chi connectivity index (χ3n) is 2.75. The molecule has 0 aliphatic carbocycles. The molecule has 6 nitrogen and oxygen atoms in total. The number of nitrogens with zero attached hydrogens (tertiary/aromatic N) is 2. The predicted molar refractivity (Wildman–Crippen MR) is 63.7 cm³/mol. The maximum atomic E-state index is 11.5. The summed E-state index contributed by atoms with van der Waals surface area (Å²) in [5, 5.41) is 5.23. The first-order valence-electron chi connectivity index (χ1n) is 5.36. The number of amides is 2. The third kappa shape index (κ3) is 2.20. The summed E-state index contributed by atoms with van der Waals surface area (Å²) in [5.41, 5.74) is 0.806. The number of carbonyl (C=O) groups is 2. The molecule has 0 spiro atoms. The summed E-state index contributed by atoms with van der Waals surface area (Å²) in [6.45, 7) is 1.95. The Morgan fingerprint density at radius 2 is 2.29 bits per heavy atom. The molecule has 6 heteroatoms. The molecule has 0 radical (unpaired) electrons. The van der Waals surface area contributed by atoms with Crippen molar-refractivity contribution in [3.63, 3.8) is 0 Å². The molecular formula is C11H14N4O2. The Morgan fingerprint density at radius 1 is 1.53 bits per heavy atom. The van der Waals surface area contributed by atoms with E-state index in [2.05, 4.69) is 15.6 Å². The van der Waals surface area contributed by atoms with E-state index in [0.29, 0.717) is 5.82 Å². The lowest BCUT2D eigenvalue weighted by Gasteiger charge is -2.33. The second kappa shape index (κ2) is 4.40. The summed E-state index contributed by atoms with van der Waals surface area (Å²) in [6, 6.07) is 3.23. The standard InChI is InChI=1S/C11H14N4O2/c1-7-11(17)14-10(16)6-15(7)8-3-4-13-9(5-8)12-2/h3-5,7H,6H2,1-2H3,(H,12,13)(H,14,16,17). The molecule has 1 saturated heterocycles. The number of carbonyl (C=O) groups excluding carboxylic acids is 2. The minimum atomic E-state index is -0.361. The monoisotopic (exact) mass is 234 g/mol. The second-order valence-electron chi connectivity index (χ2n) is 3.87. The highest BCUT2D eigenvalue weighted by Gasteiger charge is 2.30. The lowest BCUT2D eigenvalue weighted by atomic mass is 10.1. The fourth-order valence-corrected chi connectivity index (χ4v) is 1.76. The first kappa shape index (κ1) is 11.4. The average Bonchev–Trinajstić information content (AvgIpc) is 2.34. The van der Waals surface area contributed by atoms with Crippen molar-refractivity contribution in [2.75, 3.05) is 23.8 Å². The molecule has 2 rings (SSSR count). The van der Waals surface area contributed by atoms with Crippen LogP contribution in [0.2, 0.25) is 0 Å². The molecule has 2 N–H and O–H groups in total. The maximum Gasteiger partial charge on any atom is 0.249 e. The molecule has 1 fully saturated rings. The number of anilines is 2. The van der Waals surface area contributed by atoms with Gasteiger partial charge in [0, 0.05) is 25.0 Å². The Hall–Kier alpha value is -2.11. The van der Waals surface area contributed by atoms with Gasteiger partial charge in [-0.1, -0.05) is 0 Å². The molecule has 1 atom stereocenters. The maximum absolute atomic E-state index is 11.5. The van der Waals surface area contributed by atoms with Gasteiger partial charge in [0.25, 0.3) is 0 Å². The van der Waals surface area contributed by atoms with Crippen LogP contribution in [0.1, 0.15) is 6.92 Å². The number of pyridine rings is 1. The summed E-state index contributed by atoms with van der Waals surface area (Å²) >= 11 is 0. The molecule has 1 unspecified atom stereocenters. The van der Waals surface area contributed by atoms with Crippen LogP contribution in [0, 0.1) is 0 Å². The summed E-state index contributed by atoms with van der Waals surface area (Å²) < 4.78 is 0. The molecule has 17 heavy (non-hydrogen) atoms. The lowest BCUT2D eigenvalue weighted by Crippen LogP contribution is -2.57. The molecule has 1 aliphatic heterocycles. The largest absolute Gasteiger partial charge is 0.373 e. The Kier molecular flexibility index (Phi) is 2.95. The van der Waals surface area contributed by atoms with Crippen LogP contribution < -0.4 is 15.5 Å². The molecule has 2 heterocycles. The molecule has 1 aliphatic rings. The molecule has 1 aromatic rings. The Labute approximate surface area is 99.0 Å². The van der Waals surface area contributed by atoms with Crippen LogP contribution >= 0.6 is 0 Å². The van der Waals surface area contributed by atoms with Crippen molar-refractivity contribution in [3.05, 3.63) is 18.3 Å². The number of aromatic nitrogens is 1. The molecule has 0 aromatic carbocycles. The van der Waals surface area contributed by atoms with Crippen molar-refractivity contribution in [1.82, 2.24) is 10.3 Å². The number of piperazine rings is 1. The van der Waals surface area contributed by atoms with Gasteiger partial charge in [-0.15, -0.1) is 0 Å². The van der Waals surface area contributed by atoms with Gasteiger partial charge in [0.15, 0.2) is 0 Å². The molecule has 2 amide bonds. The highest BCUT2D eigenvalue weighted by Crippen LogP contribution is 2.20. The topological polar surface area (TPSA) is 74.3 Å². The quantitative estimate of drug-likeness (QED) is 0.703. The van der Waals surface area contributed by atoms with E-state index in [1.54, 1.807) is 31.1 Å². The summed E-state index contributed by atoms with van der Waals surface area (Å²) in [7, 11) is 1.77. The third-order valence-corrected chi connectivity index (χ3v) is 2.75. The van der Waals surface area contributed by atoms with Gasteiger partial charge in [0.1, 0.15) is 11.9 Å². The first-order chi connectivity index (χ1) is 8.11. The highest BCUT2D eigenvalue weighted by atomic mass is 16.2. The minimum absolute atomic E-state index is 0.181. The van der Waals surface area contributed by atoms with Crippen molar-refractivity contribution in [2.24, 2.45) is 0 Å². The smallest absolute Gasteiger partial charge is 0.249 e. The summed E-state index contributed by atoms with van der Waals surface area (Å²) in [4.78, 5) is 28.7. The van der Waals surface area contributed by atoms with Gasteiger partial charge in [-0.3, -0.25) is 14.9 Å². The van der Waals surface area contributed by atoms with Gasteiger partial charge in [-0.25, -0.2) is 4.98 Å². The zero-order valence-electron chi connectivity index (χ0n) is 9.73. The van der Waals surface area contributed by atoms with Crippen molar-refractivity contribution in [1.29, 1.82) is 0 Å². The van der Waals surface area contributed by atoms with Crippen LogP contribution in [0.25, 0.3) is 0 Å². The summed E-state index contributed by atoms with van der Waals surface area (Å²) in [5.74, 6) is 0.146. The Balaban J connectivity index is 2.30. The minimum Gasteiger partial charge on any atom is -0.373 e. The second-order valence-corrected chi connectivity index (χ2v) is 3.87. The molecule has 0 bridgehead atoms. The molecule has 90 valence electrons. The van der Waals surface area contributed by atoms with Gasteiger partial charge in [-0.05, 0) is 13.0 Å². The predicted octanol–water partition coefficient (Wildman–Crippen LogP) is -0.0254. The molecular weight excluding hydrogens is 220 g/mol. The number of imide groups is 1. The number of hydrogen-bond acceptors (Lipinski definition) is 5. The Bertz CT molecular complexity index is 461. The van der Waals surface area contributed by atoms with Crippen LogP contribution in [0.5, 0.6) is 0 Å². The average molecular weight is 234 g/mol. The zero-order chi connectivity index (χ0) is 12.4. The van der Waals surface area contributed by atoms with Gasteiger partial charge < -0.3 is 10.2 Å². The van der Waals surface area contributed by atoms with Crippen molar-refractivity contribution in [2.45, 2.75) is 13.0 Å². The van der Waals surface area contributed by atoms with E-state index >= 15 is 0 Å². The van der Waals surface area contributed by atoms with Crippen molar-refractivity contribution >= 4 is 23.3 Å². The van der Waals surface area contributed by atoms with Crippen LogP contribution in [-0.2, 0) is 9.59 Å². The van der Waals surface area contributed by atoms with E-state index in [9.17, 15) is 9.59 Å². The normalized spacial score (nSPS) is 20.1. The van der Waals surface area contributed by atoms with Crippen molar-refractivity contribution < 1.29 is 9.59 Å². The van der Waals surface area contributed by atoms with E-state index in [1.807, 2.05) is 6.07 Å². The SMILES string of the molecule is CNc1cc(N2CC(=O)NC(=O)C2C)ccn1. The Morgan fingerprint density at radius 3 is 3.00 bits per heavy atom. The number of nitrogens with one attached hydrogen (secondary N) is 2. The van der Waals surface area contributed by atoms with Gasteiger partial charge in [0.2, 0.25) is 11.8 Å². The van der Waals surface area contributed by atoms with E-state index in [4.69, 9.17) is 0 Å². The van der Waals surface area contributed by atoms with Crippen LogP contribution in [0.4, 0.5) is 11.5 Å². The van der Waals surface area contributed by atoms with Gasteiger partial charge in [-0.2, -0.15) is 0 Å². The van der Waals surface area contributed by atoms with Gasteiger partial charge in [0.05, 0.1) is 6.54 Å². The van der Waals surface area contributed by atoms with Crippen LogP contribution in [0.3, 0.4) is 0 Å². The fraction of sp³-hybridized carbons (Fsp3) is 0.364. The van der Waals surface area contributed by atoms with E-state index in [-0.39, 0.29) is 24.4 Å². The lowest BCUT2D eigenvalue weighted by molar-refractivity contribution is -0.132. The molecule has 1 aromatic heterocycles. The van der Waals surface area contributed by atoms with E-state index < -0.39 is 0 Å². The van der Waals surface area contributed by atoms with E-state index in [0.717, 1.165) is 5.69 Å².